The van der Waals surface area contributed by atoms with Crippen LogP contribution in [0.2, 0.25) is 0 Å². The summed E-state index contributed by atoms with van der Waals surface area (Å²) in [6.07, 6.45) is 11.1. The van der Waals surface area contributed by atoms with Crippen molar-refractivity contribution in [2.24, 2.45) is 29.1 Å². The maximum absolute atomic E-state index is 15.0. The van der Waals surface area contributed by atoms with Crippen molar-refractivity contribution in [1.29, 1.82) is 0 Å². The fourth-order valence-electron chi connectivity index (χ4n) is 8.95. The number of fused-ring (bicyclic) bond motifs is 1. The summed E-state index contributed by atoms with van der Waals surface area (Å²) < 4.78 is 0. The van der Waals surface area contributed by atoms with Gasteiger partial charge in [-0.1, -0.05) is 74.4 Å². The summed E-state index contributed by atoms with van der Waals surface area (Å²) >= 11 is 0. The Kier molecular flexibility index (Phi) is 11.6. The fraction of sp³-hybridized carbons (Fsp3) is 0.455. The predicted octanol–water partition coefficient (Wildman–Crippen LogP) is 6.66. The summed E-state index contributed by atoms with van der Waals surface area (Å²) in [4.78, 5) is 59.2. The maximum atomic E-state index is 15.0. The molecule has 2 aliphatic carbocycles. The average molecular weight is 734 g/mol. The number of amides is 3. The van der Waals surface area contributed by atoms with Gasteiger partial charge in [0.05, 0.1) is 17.7 Å². The first-order valence-electron chi connectivity index (χ1n) is 19.4. The van der Waals surface area contributed by atoms with E-state index in [0.29, 0.717) is 24.4 Å². The molecule has 1 aliphatic heterocycles. The molecule has 1 spiro atoms. The second-order valence-electron chi connectivity index (χ2n) is 16.1. The van der Waals surface area contributed by atoms with E-state index in [0.717, 1.165) is 34.9 Å². The number of H-pyrrole nitrogens is 1. The molecule has 2 aromatic carbocycles. The van der Waals surface area contributed by atoms with Crippen molar-refractivity contribution in [2.45, 2.75) is 97.9 Å². The summed E-state index contributed by atoms with van der Waals surface area (Å²) in [7, 11) is 0. The summed E-state index contributed by atoms with van der Waals surface area (Å²) in [6, 6.07) is 13.0. The quantitative estimate of drug-likeness (QED) is 0.107. The molecule has 8 unspecified atom stereocenters. The molecule has 2 heterocycles. The van der Waals surface area contributed by atoms with Crippen LogP contribution in [0.25, 0.3) is 17.0 Å². The van der Waals surface area contributed by atoms with Crippen molar-refractivity contribution in [1.82, 2.24) is 20.9 Å². The van der Waals surface area contributed by atoms with Crippen LogP contribution >= 0.6 is 0 Å². The lowest BCUT2D eigenvalue weighted by Gasteiger charge is -2.45. The molecule has 3 aromatic rings. The third-order valence-electron chi connectivity index (χ3n) is 11.8. The number of ketones is 1. The van der Waals surface area contributed by atoms with Gasteiger partial charge in [-0.05, 0) is 82.6 Å². The lowest BCUT2D eigenvalue weighted by atomic mass is 9.54. The number of aliphatic hydroxyl groups excluding tert-OH is 1. The van der Waals surface area contributed by atoms with Gasteiger partial charge in [-0.25, -0.2) is 0 Å². The minimum atomic E-state index is -1.31. The van der Waals surface area contributed by atoms with E-state index in [4.69, 9.17) is 0 Å². The van der Waals surface area contributed by atoms with Crippen molar-refractivity contribution in [2.75, 3.05) is 5.32 Å². The van der Waals surface area contributed by atoms with Gasteiger partial charge in [0.25, 0.3) is 5.91 Å². The van der Waals surface area contributed by atoms with Gasteiger partial charge in [0.1, 0.15) is 11.5 Å². The third-order valence-corrected chi connectivity index (χ3v) is 11.8. The van der Waals surface area contributed by atoms with Gasteiger partial charge < -0.3 is 31.4 Å². The van der Waals surface area contributed by atoms with E-state index in [1.807, 2.05) is 37.4 Å². The van der Waals surface area contributed by atoms with Gasteiger partial charge >= 0.3 is 0 Å². The number of carbonyl (C=O) groups is 4. The second-order valence-corrected chi connectivity index (χ2v) is 16.1. The number of hydrogen-bond donors (Lipinski definition) is 6. The zero-order valence-electron chi connectivity index (χ0n) is 32.2. The lowest BCUT2D eigenvalue weighted by molar-refractivity contribution is -0.145. The molecule has 0 saturated carbocycles. The van der Waals surface area contributed by atoms with Crippen molar-refractivity contribution in [3.63, 3.8) is 0 Å². The molecule has 6 N–H and O–H groups in total. The van der Waals surface area contributed by atoms with Crippen LogP contribution in [0.15, 0.2) is 84.2 Å². The Morgan fingerprint density at radius 3 is 2.56 bits per heavy atom. The molecule has 1 saturated heterocycles. The van der Waals surface area contributed by atoms with Crippen LogP contribution in [0.4, 0.5) is 5.69 Å². The van der Waals surface area contributed by atoms with Crippen molar-refractivity contribution >= 4 is 46.2 Å². The largest absolute Gasteiger partial charge is 0.391 e. The number of allylic oxidation sites excluding steroid dienone is 4. The van der Waals surface area contributed by atoms with E-state index in [9.17, 15) is 24.3 Å². The van der Waals surface area contributed by atoms with Crippen LogP contribution in [-0.2, 0) is 14.4 Å². The molecule has 10 nitrogen and oxygen atoms in total. The van der Waals surface area contributed by atoms with Gasteiger partial charge in [0.15, 0.2) is 5.78 Å². The molecular formula is C44H55N5O5. The molecule has 0 radical (unpaired) electrons. The van der Waals surface area contributed by atoms with Gasteiger partial charge in [-0.2, -0.15) is 0 Å². The van der Waals surface area contributed by atoms with Crippen molar-refractivity contribution in [3.05, 3.63) is 95.4 Å². The Morgan fingerprint density at radius 1 is 1.04 bits per heavy atom. The zero-order chi connectivity index (χ0) is 38.7. The molecule has 8 atom stereocenters. The predicted molar refractivity (Wildman–Crippen MR) is 213 cm³/mol. The standard InChI is InChI=1S/C44H55N5O5/c1-25(2)20-37-40-28(5)27(4)22-31-21-26(3)12-11-17-38(50)36(23-39(51)44(31,40)43(54)49-37)48-35-16-10-8-14-33(35)42(53)47-29(6)41(52)45-19-18-30-24-46-34-15-9-7-13-32(30)34/h7-10,13-16,18-19,21-22,24-25,28-29,31,36-38,40,46,48,50H,11-12,17,20,23H2,1-6H3,(H,45,52)(H,47,53)(H,49,54). The number of Topliss-reactive ketones (excluding diaryl/α,β-unsaturated/α-hetero) is 1. The van der Waals surface area contributed by atoms with Crippen molar-refractivity contribution in [3.8, 4) is 0 Å². The maximum Gasteiger partial charge on any atom is 0.254 e. The number of benzene rings is 2. The van der Waals surface area contributed by atoms with E-state index in [2.05, 4.69) is 66.1 Å². The van der Waals surface area contributed by atoms with E-state index < -0.39 is 41.3 Å². The fourth-order valence-corrected chi connectivity index (χ4v) is 8.95. The second kappa shape index (κ2) is 16.2. The van der Waals surface area contributed by atoms with Gasteiger partial charge in [0.2, 0.25) is 11.8 Å². The molecule has 3 amide bonds. The molecule has 54 heavy (non-hydrogen) atoms. The first kappa shape index (κ1) is 38.8. The summed E-state index contributed by atoms with van der Waals surface area (Å²) in [5.41, 5.74) is 3.57. The summed E-state index contributed by atoms with van der Waals surface area (Å²) in [5.74, 6) is -1.61. The number of carbonyl (C=O) groups excluding carboxylic acids is 4. The number of aliphatic hydroxyl groups is 1. The Bertz CT molecular complexity index is 1990. The van der Waals surface area contributed by atoms with Crippen LogP contribution in [0.5, 0.6) is 0 Å². The lowest BCUT2D eigenvalue weighted by Crippen LogP contribution is -2.54. The number of nitrogens with one attached hydrogen (secondary N) is 5. The number of anilines is 1. The first-order valence-corrected chi connectivity index (χ1v) is 19.4. The Morgan fingerprint density at radius 2 is 1.78 bits per heavy atom. The minimum absolute atomic E-state index is 0.00990. The Labute approximate surface area is 318 Å². The Hall–Kier alpha value is -4.96. The van der Waals surface area contributed by atoms with E-state index in [1.165, 1.54) is 5.57 Å². The highest BCUT2D eigenvalue weighted by molar-refractivity contribution is 6.10. The van der Waals surface area contributed by atoms with Crippen molar-refractivity contribution < 1.29 is 24.3 Å². The molecular weight excluding hydrogens is 679 g/mol. The average Bonchev–Trinajstić information content (AvgIpc) is 3.67. The van der Waals surface area contributed by atoms with Crippen LogP contribution < -0.4 is 21.3 Å². The summed E-state index contributed by atoms with van der Waals surface area (Å²) in [5, 5.41) is 24.9. The molecule has 6 rings (SSSR count). The van der Waals surface area contributed by atoms with Crippen LogP contribution in [-0.4, -0.2) is 57.8 Å². The molecule has 0 bridgehead atoms. The SMILES string of the molecule is CC1=CC2C=C(C)C(C)C3C(CC(C)C)NC(=O)C23C(=O)CC(Nc2ccccc2C(=O)NC(C)C(=O)NC=Cc2c[nH]c3ccccc23)C(O)CCC1. The van der Waals surface area contributed by atoms with Gasteiger partial charge in [0, 0.05) is 58.8 Å². The highest BCUT2D eigenvalue weighted by Crippen LogP contribution is 2.55. The molecule has 3 aliphatic rings. The van der Waals surface area contributed by atoms with Crippen LogP contribution in [0.3, 0.4) is 0 Å². The summed E-state index contributed by atoms with van der Waals surface area (Å²) in [6.45, 7) is 12.1. The van der Waals surface area contributed by atoms with E-state index in [1.54, 1.807) is 43.5 Å². The third kappa shape index (κ3) is 7.67. The first-order chi connectivity index (χ1) is 25.8. The molecule has 1 fully saturated rings. The number of aromatic nitrogens is 1. The number of hydrogen-bond acceptors (Lipinski definition) is 6. The monoisotopic (exact) mass is 733 g/mol. The normalized spacial score (nSPS) is 28.0. The highest BCUT2D eigenvalue weighted by Gasteiger charge is 2.65. The van der Waals surface area contributed by atoms with E-state index >= 15 is 0 Å². The molecule has 10 heteroatoms. The van der Waals surface area contributed by atoms with Crippen LogP contribution in [0.1, 0.15) is 89.6 Å². The Balaban J connectivity index is 1.22. The topological polar surface area (TPSA) is 152 Å². The van der Waals surface area contributed by atoms with Gasteiger partial charge in [-0.15, -0.1) is 0 Å². The minimum Gasteiger partial charge on any atom is -0.391 e. The number of para-hydroxylation sites is 2. The van der Waals surface area contributed by atoms with Crippen LogP contribution in [0, 0.1) is 29.1 Å². The molecule has 286 valence electrons. The smallest absolute Gasteiger partial charge is 0.254 e. The van der Waals surface area contributed by atoms with Gasteiger partial charge in [-0.3, -0.25) is 19.2 Å². The number of aromatic amines is 1. The van der Waals surface area contributed by atoms with E-state index in [-0.39, 0.29) is 41.6 Å². The zero-order valence-corrected chi connectivity index (χ0v) is 32.2. The number of rotatable bonds is 9. The molecule has 1 aromatic heterocycles. The highest BCUT2D eigenvalue weighted by atomic mass is 16.3.